The third-order valence-electron chi connectivity index (χ3n) is 4.45. The Kier molecular flexibility index (Phi) is 5.04. The molecular weight excluding hydrogens is 286 g/mol. The van der Waals surface area contributed by atoms with Gasteiger partial charge in [-0.25, -0.2) is 0 Å². The molecule has 2 aliphatic rings. The van der Waals surface area contributed by atoms with Crippen molar-refractivity contribution in [3.05, 3.63) is 29.3 Å². The van der Waals surface area contributed by atoms with Gasteiger partial charge in [-0.2, -0.15) is 0 Å². The average Bonchev–Trinajstić information content (AvgIpc) is 3.35. The fourth-order valence-corrected chi connectivity index (χ4v) is 3.17. The molecule has 1 aromatic carbocycles. The van der Waals surface area contributed by atoms with Crippen LogP contribution in [0, 0.1) is 17.8 Å². The average molecular weight is 310 g/mol. The number of aliphatic hydroxyl groups is 1. The number of nitrogens with one attached hydrogen (secondary N) is 1. The number of benzene rings is 1. The second kappa shape index (κ2) is 6.99. The van der Waals surface area contributed by atoms with Crippen molar-refractivity contribution in [1.29, 1.82) is 0 Å². The van der Waals surface area contributed by atoms with Gasteiger partial charge in [0.15, 0.2) is 0 Å². The molecule has 4 heteroatoms. The van der Waals surface area contributed by atoms with Crippen LogP contribution in [0.5, 0.6) is 5.75 Å². The quantitative estimate of drug-likeness (QED) is 0.736. The van der Waals surface area contributed by atoms with Gasteiger partial charge in [0, 0.05) is 11.6 Å². The van der Waals surface area contributed by atoms with Gasteiger partial charge in [-0.15, -0.1) is 0 Å². The van der Waals surface area contributed by atoms with E-state index in [0.717, 1.165) is 24.3 Å². The zero-order valence-electron chi connectivity index (χ0n) is 12.3. The summed E-state index contributed by atoms with van der Waals surface area (Å²) in [5.41, 5.74) is 0. The fourth-order valence-electron chi connectivity index (χ4n) is 2.99. The van der Waals surface area contributed by atoms with E-state index in [1.165, 1.54) is 25.7 Å². The van der Waals surface area contributed by atoms with E-state index in [1.54, 1.807) is 6.07 Å². The second-order valence-electron chi connectivity index (χ2n) is 6.42. The first-order chi connectivity index (χ1) is 10.2. The molecule has 2 N–H and O–H groups in total. The molecule has 0 amide bonds. The molecule has 0 bridgehead atoms. The van der Waals surface area contributed by atoms with E-state index in [4.69, 9.17) is 16.3 Å². The van der Waals surface area contributed by atoms with Gasteiger partial charge in [-0.05, 0) is 68.2 Å². The first kappa shape index (κ1) is 15.1. The van der Waals surface area contributed by atoms with Gasteiger partial charge >= 0.3 is 0 Å². The van der Waals surface area contributed by atoms with Crippen LogP contribution in [0.1, 0.15) is 25.7 Å². The van der Waals surface area contributed by atoms with Crippen LogP contribution >= 0.6 is 11.6 Å². The molecule has 1 aromatic rings. The minimum Gasteiger partial charge on any atom is -0.491 e. The van der Waals surface area contributed by atoms with Crippen molar-refractivity contribution in [3.8, 4) is 5.75 Å². The smallest absolute Gasteiger partial charge is 0.120 e. The predicted octanol–water partition coefficient (Wildman–Crippen LogP) is 3.11. The monoisotopic (exact) mass is 309 g/mol. The first-order valence-corrected chi connectivity index (χ1v) is 8.37. The number of halogens is 1. The Morgan fingerprint density at radius 2 is 1.90 bits per heavy atom. The highest BCUT2D eigenvalue weighted by atomic mass is 35.5. The van der Waals surface area contributed by atoms with Crippen molar-refractivity contribution >= 4 is 11.6 Å². The lowest BCUT2D eigenvalue weighted by atomic mass is 9.98. The molecule has 116 valence electrons. The summed E-state index contributed by atoms with van der Waals surface area (Å²) in [5.74, 6) is 3.44. The van der Waals surface area contributed by atoms with E-state index in [0.29, 0.717) is 23.9 Å². The van der Waals surface area contributed by atoms with Gasteiger partial charge < -0.3 is 15.2 Å². The van der Waals surface area contributed by atoms with E-state index < -0.39 is 6.10 Å². The highest BCUT2D eigenvalue weighted by Gasteiger charge is 2.40. The maximum absolute atomic E-state index is 9.98. The Morgan fingerprint density at radius 3 is 2.52 bits per heavy atom. The second-order valence-corrected chi connectivity index (χ2v) is 6.86. The standard InChI is InChI=1S/C17H24ClNO2/c18-14-2-1-3-16(8-14)21-11-15(20)9-19-10-17(12-4-5-12)13-6-7-13/h1-3,8,12-13,15,17,19-20H,4-7,9-11H2. The van der Waals surface area contributed by atoms with Crippen molar-refractivity contribution in [2.45, 2.75) is 31.8 Å². The van der Waals surface area contributed by atoms with Crippen molar-refractivity contribution in [2.24, 2.45) is 17.8 Å². The lowest BCUT2D eigenvalue weighted by Crippen LogP contribution is -2.35. The maximum atomic E-state index is 9.98. The summed E-state index contributed by atoms with van der Waals surface area (Å²) in [5, 5.41) is 14.1. The SMILES string of the molecule is OC(CNCC(C1CC1)C1CC1)COc1cccc(Cl)c1. The Hall–Kier alpha value is -0.770. The summed E-state index contributed by atoms with van der Waals surface area (Å²) in [4.78, 5) is 0. The van der Waals surface area contributed by atoms with Gasteiger partial charge in [0.1, 0.15) is 18.5 Å². The maximum Gasteiger partial charge on any atom is 0.120 e. The van der Waals surface area contributed by atoms with Crippen LogP contribution in [0.2, 0.25) is 5.02 Å². The lowest BCUT2D eigenvalue weighted by molar-refractivity contribution is 0.105. The van der Waals surface area contributed by atoms with Gasteiger partial charge in [-0.1, -0.05) is 17.7 Å². The summed E-state index contributed by atoms with van der Waals surface area (Å²) in [6.07, 6.45) is 5.14. The van der Waals surface area contributed by atoms with Crippen molar-refractivity contribution < 1.29 is 9.84 Å². The van der Waals surface area contributed by atoms with E-state index >= 15 is 0 Å². The zero-order valence-corrected chi connectivity index (χ0v) is 13.1. The molecule has 21 heavy (non-hydrogen) atoms. The largest absolute Gasteiger partial charge is 0.491 e. The van der Waals surface area contributed by atoms with E-state index in [9.17, 15) is 5.11 Å². The van der Waals surface area contributed by atoms with Crippen LogP contribution < -0.4 is 10.1 Å². The van der Waals surface area contributed by atoms with Crippen LogP contribution in [0.25, 0.3) is 0 Å². The molecule has 0 aliphatic heterocycles. The zero-order chi connectivity index (χ0) is 14.7. The van der Waals surface area contributed by atoms with Crippen LogP contribution in [-0.2, 0) is 0 Å². The minimum atomic E-state index is -0.483. The molecule has 0 spiro atoms. The molecule has 3 nitrogen and oxygen atoms in total. The third-order valence-corrected chi connectivity index (χ3v) is 4.69. The van der Waals surface area contributed by atoms with Crippen molar-refractivity contribution in [2.75, 3.05) is 19.7 Å². The highest BCUT2D eigenvalue weighted by molar-refractivity contribution is 6.30. The molecule has 0 aromatic heterocycles. The van der Waals surface area contributed by atoms with Crippen LogP contribution in [0.3, 0.4) is 0 Å². The van der Waals surface area contributed by atoms with Gasteiger partial charge in [0.2, 0.25) is 0 Å². The van der Waals surface area contributed by atoms with Crippen molar-refractivity contribution in [1.82, 2.24) is 5.32 Å². The van der Waals surface area contributed by atoms with E-state index in [2.05, 4.69) is 5.32 Å². The first-order valence-electron chi connectivity index (χ1n) is 7.99. The molecule has 1 unspecified atom stereocenters. The van der Waals surface area contributed by atoms with Crippen LogP contribution in [0.4, 0.5) is 0 Å². The fraction of sp³-hybridized carbons (Fsp3) is 0.647. The number of ether oxygens (including phenoxy) is 1. The Bertz CT molecular complexity index is 448. The molecule has 2 saturated carbocycles. The lowest BCUT2D eigenvalue weighted by Gasteiger charge is -2.18. The molecule has 0 heterocycles. The van der Waals surface area contributed by atoms with E-state index in [1.807, 2.05) is 18.2 Å². The molecule has 2 aliphatic carbocycles. The van der Waals surface area contributed by atoms with Crippen LogP contribution in [0.15, 0.2) is 24.3 Å². The Morgan fingerprint density at radius 1 is 1.19 bits per heavy atom. The minimum absolute atomic E-state index is 0.296. The number of hydrogen-bond acceptors (Lipinski definition) is 3. The number of hydrogen-bond donors (Lipinski definition) is 2. The molecular formula is C17H24ClNO2. The van der Waals surface area contributed by atoms with Crippen molar-refractivity contribution in [3.63, 3.8) is 0 Å². The molecule has 3 rings (SSSR count). The predicted molar refractivity (Wildman–Crippen MR) is 84.8 cm³/mol. The number of rotatable bonds is 9. The third kappa shape index (κ3) is 4.87. The Balaban J connectivity index is 1.33. The normalized spacial score (nSPS) is 19.8. The summed E-state index contributed by atoms with van der Waals surface area (Å²) in [6, 6.07) is 7.26. The summed E-state index contributed by atoms with van der Waals surface area (Å²) < 4.78 is 5.55. The summed E-state index contributed by atoms with van der Waals surface area (Å²) in [6.45, 7) is 1.94. The molecule has 1 atom stereocenters. The highest BCUT2D eigenvalue weighted by Crippen LogP contribution is 2.48. The summed E-state index contributed by atoms with van der Waals surface area (Å²) in [7, 11) is 0. The summed E-state index contributed by atoms with van der Waals surface area (Å²) >= 11 is 5.89. The van der Waals surface area contributed by atoms with Crippen LogP contribution in [-0.4, -0.2) is 30.9 Å². The topological polar surface area (TPSA) is 41.5 Å². The molecule has 0 saturated heterocycles. The molecule has 2 fully saturated rings. The number of aliphatic hydroxyl groups excluding tert-OH is 1. The molecule has 0 radical (unpaired) electrons. The van der Waals surface area contributed by atoms with Gasteiger partial charge in [0.05, 0.1) is 0 Å². The van der Waals surface area contributed by atoms with Gasteiger partial charge in [0.25, 0.3) is 0 Å². The van der Waals surface area contributed by atoms with E-state index in [-0.39, 0.29) is 0 Å². The van der Waals surface area contributed by atoms with Gasteiger partial charge in [-0.3, -0.25) is 0 Å². The Labute approximate surface area is 131 Å².